The third-order valence-corrected chi connectivity index (χ3v) is 2.66. The largest absolute Gasteiger partial charge is 0.289 e. The molecule has 0 radical (unpaired) electrons. The number of aromatic nitrogens is 1. The second-order valence-electron chi connectivity index (χ2n) is 3.98. The summed E-state index contributed by atoms with van der Waals surface area (Å²) in [6, 6.07) is 5.21. The molecule has 0 spiro atoms. The first-order chi connectivity index (χ1) is 8.36. The first-order valence-electron chi connectivity index (χ1n) is 5.76. The molecule has 88 valence electrons. The third kappa shape index (κ3) is 3.52. The average Bonchev–Trinajstić information content (AvgIpc) is 2.41. The SMILES string of the molecule is O=C(NN=CC1CC=CCC1)c1ccccn1. The number of allylic oxidation sites excluding steroid dienone is 2. The van der Waals surface area contributed by atoms with Crippen LogP contribution in [0.15, 0.2) is 41.6 Å². The molecule has 0 aromatic carbocycles. The summed E-state index contributed by atoms with van der Waals surface area (Å²) in [6.45, 7) is 0. The maximum absolute atomic E-state index is 11.6. The molecule has 1 atom stereocenters. The van der Waals surface area contributed by atoms with Gasteiger partial charge in [0.1, 0.15) is 5.69 Å². The number of nitrogens with zero attached hydrogens (tertiary/aromatic N) is 2. The highest BCUT2D eigenvalue weighted by atomic mass is 16.2. The topological polar surface area (TPSA) is 54.4 Å². The Labute approximate surface area is 100 Å². The van der Waals surface area contributed by atoms with Crippen LogP contribution in [0.3, 0.4) is 0 Å². The van der Waals surface area contributed by atoms with Gasteiger partial charge in [0.2, 0.25) is 0 Å². The van der Waals surface area contributed by atoms with Crippen LogP contribution in [0.4, 0.5) is 0 Å². The lowest BCUT2D eigenvalue weighted by molar-refractivity contribution is 0.0950. The van der Waals surface area contributed by atoms with Crippen LogP contribution >= 0.6 is 0 Å². The zero-order valence-corrected chi connectivity index (χ0v) is 9.54. The van der Waals surface area contributed by atoms with Crippen LogP contribution in [0.1, 0.15) is 29.8 Å². The molecule has 1 heterocycles. The number of hydrogen-bond donors (Lipinski definition) is 1. The van der Waals surface area contributed by atoms with Crippen molar-refractivity contribution in [3.05, 3.63) is 42.2 Å². The van der Waals surface area contributed by atoms with E-state index >= 15 is 0 Å². The summed E-state index contributed by atoms with van der Waals surface area (Å²) >= 11 is 0. The molecule has 4 heteroatoms. The van der Waals surface area contributed by atoms with Gasteiger partial charge in [-0.2, -0.15) is 5.10 Å². The van der Waals surface area contributed by atoms with Gasteiger partial charge in [-0.25, -0.2) is 5.43 Å². The van der Waals surface area contributed by atoms with E-state index in [0.29, 0.717) is 11.6 Å². The van der Waals surface area contributed by atoms with Crippen molar-refractivity contribution in [1.29, 1.82) is 0 Å². The Hall–Kier alpha value is -1.97. The number of rotatable bonds is 3. The Kier molecular flexibility index (Phi) is 4.02. The van der Waals surface area contributed by atoms with Crippen molar-refractivity contribution >= 4 is 12.1 Å². The summed E-state index contributed by atoms with van der Waals surface area (Å²) in [4.78, 5) is 15.5. The number of carbonyl (C=O) groups excluding carboxylic acids is 1. The second-order valence-corrected chi connectivity index (χ2v) is 3.98. The maximum Gasteiger partial charge on any atom is 0.289 e. The van der Waals surface area contributed by atoms with Crippen molar-refractivity contribution in [3.63, 3.8) is 0 Å². The molecule has 1 aliphatic carbocycles. The van der Waals surface area contributed by atoms with Gasteiger partial charge in [0, 0.05) is 12.4 Å². The molecule has 1 aromatic heterocycles. The van der Waals surface area contributed by atoms with Crippen molar-refractivity contribution in [2.75, 3.05) is 0 Å². The molecule has 0 aliphatic heterocycles. The minimum absolute atomic E-state index is 0.270. The smallest absolute Gasteiger partial charge is 0.266 e. The Morgan fingerprint density at radius 3 is 3.12 bits per heavy atom. The molecule has 0 saturated carbocycles. The molecule has 0 bridgehead atoms. The van der Waals surface area contributed by atoms with Gasteiger partial charge in [-0.05, 0) is 37.3 Å². The number of amides is 1. The van der Waals surface area contributed by atoms with Crippen molar-refractivity contribution in [1.82, 2.24) is 10.4 Å². The van der Waals surface area contributed by atoms with Gasteiger partial charge in [-0.1, -0.05) is 18.2 Å². The first kappa shape index (κ1) is 11.5. The molecule has 0 fully saturated rings. The van der Waals surface area contributed by atoms with E-state index in [9.17, 15) is 4.79 Å². The normalized spacial score (nSPS) is 19.4. The van der Waals surface area contributed by atoms with Crippen molar-refractivity contribution in [2.45, 2.75) is 19.3 Å². The molecule has 0 saturated heterocycles. The van der Waals surface area contributed by atoms with Crippen LogP contribution in [0.2, 0.25) is 0 Å². The Morgan fingerprint density at radius 1 is 1.47 bits per heavy atom. The Bertz CT molecular complexity index is 426. The van der Waals surface area contributed by atoms with Gasteiger partial charge in [-0.3, -0.25) is 9.78 Å². The predicted octanol–water partition coefficient (Wildman–Crippen LogP) is 2.15. The van der Waals surface area contributed by atoms with Crippen LogP contribution < -0.4 is 5.43 Å². The predicted molar refractivity (Wildman–Crippen MR) is 66.7 cm³/mol. The minimum atomic E-state index is -0.270. The number of carbonyl (C=O) groups is 1. The van der Waals surface area contributed by atoms with E-state index in [1.165, 1.54) is 0 Å². The van der Waals surface area contributed by atoms with E-state index in [0.717, 1.165) is 19.3 Å². The van der Waals surface area contributed by atoms with E-state index in [2.05, 4.69) is 27.7 Å². The van der Waals surface area contributed by atoms with E-state index in [4.69, 9.17) is 0 Å². The molecule has 1 aliphatic rings. The standard InChI is InChI=1S/C13H15N3O/c17-13(12-8-4-5-9-14-12)16-15-10-11-6-2-1-3-7-11/h1-2,4-5,8-11H,3,6-7H2,(H,16,17). The van der Waals surface area contributed by atoms with E-state index in [-0.39, 0.29) is 5.91 Å². The molecular weight excluding hydrogens is 214 g/mol. The first-order valence-corrected chi connectivity index (χ1v) is 5.76. The summed E-state index contributed by atoms with van der Waals surface area (Å²) in [6.07, 6.45) is 10.9. The molecule has 1 amide bonds. The van der Waals surface area contributed by atoms with Gasteiger partial charge in [0.05, 0.1) is 0 Å². The number of pyridine rings is 1. The van der Waals surface area contributed by atoms with Crippen molar-refractivity contribution in [2.24, 2.45) is 11.0 Å². The van der Waals surface area contributed by atoms with Gasteiger partial charge in [-0.15, -0.1) is 0 Å². The zero-order chi connectivity index (χ0) is 11.9. The fourth-order valence-corrected chi connectivity index (χ4v) is 1.71. The maximum atomic E-state index is 11.6. The van der Waals surface area contributed by atoms with E-state index in [1.54, 1.807) is 24.4 Å². The fourth-order valence-electron chi connectivity index (χ4n) is 1.71. The van der Waals surface area contributed by atoms with Gasteiger partial charge >= 0.3 is 0 Å². The highest BCUT2D eigenvalue weighted by molar-refractivity contribution is 5.92. The van der Waals surface area contributed by atoms with Crippen LogP contribution in [0.5, 0.6) is 0 Å². The van der Waals surface area contributed by atoms with Crippen LogP contribution in [-0.2, 0) is 0 Å². The van der Waals surface area contributed by atoms with Crippen LogP contribution in [0.25, 0.3) is 0 Å². The highest BCUT2D eigenvalue weighted by Gasteiger charge is 2.07. The van der Waals surface area contributed by atoms with Gasteiger partial charge in [0.15, 0.2) is 0 Å². The molecular formula is C13H15N3O. The number of hydrogen-bond acceptors (Lipinski definition) is 3. The zero-order valence-electron chi connectivity index (χ0n) is 9.54. The Balaban J connectivity index is 1.84. The highest BCUT2D eigenvalue weighted by Crippen LogP contribution is 2.15. The summed E-state index contributed by atoms with van der Waals surface area (Å²) in [5.74, 6) is 0.164. The third-order valence-electron chi connectivity index (χ3n) is 2.66. The quantitative estimate of drug-likeness (QED) is 0.490. The van der Waals surface area contributed by atoms with Crippen molar-refractivity contribution in [3.8, 4) is 0 Å². The Morgan fingerprint density at radius 2 is 2.41 bits per heavy atom. The molecule has 1 unspecified atom stereocenters. The summed E-state index contributed by atoms with van der Waals surface area (Å²) in [7, 11) is 0. The summed E-state index contributed by atoms with van der Waals surface area (Å²) < 4.78 is 0. The minimum Gasteiger partial charge on any atom is -0.266 e. The molecule has 4 nitrogen and oxygen atoms in total. The monoisotopic (exact) mass is 229 g/mol. The van der Waals surface area contributed by atoms with Crippen LogP contribution in [0, 0.1) is 5.92 Å². The summed E-state index contributed by atoms with van der Waals surface area (Å²) in [5, 5.41) is 3.97. The molecule has 1 aromatic rings. The fraction of sp³-hybridized carbons (Fsp3) is 0.308. The molecule has 1 N–H and O–H groups in total. The summed E-state index contributed by atoms with van der Waals surface area (Å²) in [5.41, 5.74) is 2.87. The van der Waals surface area contributed by atoms with E-state index < -0.39 is 0 Å². The number of hydrazone groups is 1. The van der Waals surface area contributed by atoms with E-state index in [1.807, 2.05) is 6.21 Å². The average molecular weight is 229 g/mol. The second kappa shape index (κ2) is 5.94. The van der Waals surface area contributed by atoms with Gasteiger partial charge < -0.3 is 0 Å². The van der Waals surface area contributed by atoms with Crippen LogP contribution in [-0.4, -0.2) is 17.1 Å². The molecule has 17 heavy (non-hydrogen) atoms. The van der Waals surface area contributed by atoms with Gasteiger partial charge in [0.25, 0.3) is 5.91 Å². The molecule has 2 rings (SSSR count). The van der Waals surface area contributed by atoms with Crippen molar-refractivity contribution < 1.29 is 4.79 Å². The number of nitrogens with one attached hydrogen (secondary N) is 1. The lowest BCUT2D eigenvalue weighted by atomic mass is 9.96. The lowest BCUT2D eigenvalue weighted by Gasteiger charge is -2.11. The lowest BCUT2D eigenvalue weighted by Crippen LogP contribution is -2.19.